The number of sulfonamides is 1. The van der Waals surface area contributed by atoms with Gasteiger partial charge in [0.25, 0.3) is 25.8 Å². The zero-order valence-electron chi connectivity index (χ0n) is 33.4. The summed E-state index contributed by atoms with van der Waals surface area (Å²) in [5.41, 5.74) is -5.96. The number of thioether (sulfide) groups is 1. The van der Waals surface area contributed by atoms with Crippen molar-refractivity contribution < 1.29 is 44.3 Å². The van der Waals surface area contributed by atoms with Gasteiger partial charge in [-0.05, 0) is 101 Å². The minimum atomic E-state index is -6.08. The third-order valence-electron chi connectivity index (χ3n) is 10.6. The molecule has 19 heteroatoms. The van der Waals surface area contributed by atoms with Crippen LogP contribution in [0.1, 0.15) is 37.6 Å². The van der Waals surface area contributed by atoms with Crippen LogP contribution in [0.4, 0.5) is 29.3 Å². The van der Waals surface area contributed by atoms with Crippen LogP contribution in [0.15, 0.2) is 87.5 Å². The molecule has 3 aromatic carbocycles. The first kappa shape index (κ1) is 44.5. The lowest BCUT2D eigenvalue weighted by molar-refractivity contribution is -0.0436. The van der Waals surface area contributed by atoms with E-state index in [1.807, 2.05) is 35.1 Å². The molecule has 0 bridgehead atoms. The number of nitrogens with one attached hydrogen (secondary N) is 2. The summed E-state index contributed by atoms with van der Waals surface area (Å²) in [5, 5.41) is 2.98. The monoisotopic (exact) mass is 880 g/mol. The van der Waals surface area contributed by atoms with Gasteiger partial charge in [0.1, 0.15) is 10.5 Å². The molecule has 3 saturated heterocycles. The van der Waals surface area contributed by atoms with E-state index < -0.39 is 64.5 Å². The van der Waals surface area contributed by atoms with Gasteiger partial charge in [0.15, 0.2) is 0 Å². The molecule has 3 aliphatic rings. The van der Waals surface area contributed by atoms with Crippen molar-refractivity contribution in [2.75, 3.05) is 81.9 Å². The van der Waals surface area contributed by atoms with Gasteiger partial charge in [-0.15, -0.1) is 11.8 Å². The van der Waals surface area contributed by atoms with E-state index in [4.69, 9.17) is 4.74 Å². The molecule has 3 atom stereocenters. The van der Waals surface area contributed by atoms with Gasteiger partial charge < -0.3 is 24.8 Å². The second-order valence-corrected chi connectivity index (χ2v) is 21.0. The Labute approximate surface area is 348 Å². The van der Waals surface area contributed by atoms with Crippen molar-refractivity contribution in [3.63, 3.8) is 0 Å². The largest absolute Gasteiger partial charge is 0.501 e. The number of amides is 2. The quantitative estimate of drug-likeness (QED) is 0.206. The van der Waals surface area contributed by atoms with Gasteiger partial charge in [-0.25, -0.2) is 26.4 Å². The van der Waals surface area contributed by atoms with Gasteiger partial charge in [0.05, 0.1) is 10.6 Å². The van der Waals surface area contributed by atoms with Crippen LogP contribution in [0.3, 0.4) is 0 Å². The van der Waals surface area contributed by atoms with E-state index in [9.17, 15) is 39.6 Å². The van der Waals surface area contributed by atoms with Gasteiger partial charge >= 0.3 is 11.6 Å². The highest BCUT2D eigenvalue weighted by Gasteiger charge is 2.48. The number of hydrogen-bond acceptors (Lipinski definition) is 12. The van der Waals surface area contributed by atoms with Crippen LogP contribution in [-0.4, -0.2) is 132 Å². The van der Waals surface area contributed by atoms with Crippen molar-refractivity contribution in [2.45, 2.75) is 59.0 Å². The summed E-state index contributed by atoms with van der Waals surface area (Å²) in [6.45, 7) is 11.4. The standard InChI is InChI=1S/C40H51F3N6O7S3/c1-39(2,3)56-38(51)48-20-18-47(19-21-48)17-16-31(27-57-33-8-6-5-7-9-33)44-35-15-14-34(22-36(35)58(52,53)40(41,42)43)59(54,55)45-37(50)28-10-12-32(13-11-28)49-25-29-23-46(4)24-30(29)26-49/h5-15,22,29-31,44H,16-21,23-27H2,1-4H3,(H,45,50)/t29?,30?,31-/m1/s1. The van der Waals surface area contributed by atoms with E-state index in [0.717, 1.165) is 48.9 Å². The van der Waals surface area contributed by atoms with Gasteiger partial charge in [-0.2, -0.15) is 13.2 Å². The number of nitrogens with zero attached hydrogens (tertiary/aromatic N) is 4. The van der Waals surface area contributed by atoms with E-state index >= 15 is 0 Å². The Bertz CT molecular complexity index is 2170. The van der Waals surface area contributed by atoms with Crippen LogP contribution in [0.2, 0.25) is 0 Å². The number of carbonyl (C=O) groups is 2. The van der Waals surface area contributed by atoms with Gasteiger partial charge in [-0.1, -0.05) is 18.2 Å². The molecule has 3 aliphatic heterocycles. The van der Waals surface area contributed by atoms with E-state index in [1.54, 1.807) is 37.8 Å². The smallest absolute Gasteiger partial charge is 0.444 e. The number of rotatable bonds is 13. The molecule has 2 amide bonds. The summed E-state index contributed by atoms with van der Waals surface area (Å²) in [5.74, 6) is 0.377. The maximum atomic E-state index is 14.2. The minimum Gasteiger partial charge on any atom is -0.444 e. The first-order chi connectivity index (χ1) is 27.7. The van der Waals surface area contributed by atoms with Crippen molar-refractivity contribution in [1.82, 2.24) is 19.4 Å². The second kappa shape index (κ2) is 17.9. The lowest BCUT2D eigenvalue weighted by Crippen LogP contribution is -2.50. The van der Waals surface area contributed by atoms with Crippen LogP contribution in [0.5, 0.6) is 0 Å². The van der Waals surface area contributed by atoms with Gasteiger partial charge in [-0.3, -0.25) is 9.69 Å². The highest BCUT2D eigenvalue weighted by atomic mass is 32.2. The topological polar surface area (TPSA) is 149 Å². The Balaban J connectivity index is 1.17. The fourth-order valence-corrected chi connectivity index (χ4v) is 10.6. The number of hydrogen-bond donors (Lipinski definition) is 2. The molecule has 0 radical (unpaired) electrons. The van der Waals surface area contributed by atoms with Crippen LogP contribution in [0, 0.1) is 11.8 Å². The zero-order valence-corrected chi connectivity index (χ0v) is 35.9. The molecule has 0 aromatic heterocycles. The van der Waals surface area contributed by atoms with E-state index in [2.05, 4.69) is 27.1 Å². The number of piperazine rings is 1. The number of anilines is 2. The van der Waals surface area contributed by atoms with Crippen molar-refractivity contribution in [1.29, 1.82) is 0 Å². The normalized spacial score (nSPS) is 20.0. The molecule has 3 heterocycles. The maximum Gasteiger partial charge on any atom is 0.501 e. The van der Waals surface area contributed by atoms with Crippen molar-refractivity contribution >= 4 is 55.0 Å². The summed E-state index contributed by atoms with van der Waals surface area (Å²) >= 11 is 1.42. The van der Waals surface area contributed by atoms with Gasteiger partial charge in [0, 0.05) is 86.8 Å². The third kappa shape index (κ3) is 11.2. The fraction of sp³-hybridized carbons (Fsp3) is 0.500. The number of likely N-dealkylation sites (tertiary alicyclic amines) is 1. The number of benzene rings is 3. The molecule has 3 fully saturated rings. The second-order valence-electron chi connectivity index (χ2n) is 16.3. The number of halogens is 3. The molecule has 322 valence electrons. The average Bonchev–Trinajstić information content (AvgIpc) is 3.73. The van der Waals surface area contributed by atoms with Gasteiger partial charge in [0.2, 0.25) is 0 Å². The summed E-state index contributed by atoms with van der Waals surface area (Å²) < 4.78 is 103. The molecule has 13 nitrogen and oxygen atoms in total. The SMILES string of the molecule is CN1CC2CN(c3ccc(C(=O)NS(=O)(=O)c4ccc(N[C@H](CCN5CCN(C(=O)OC(C)(C)C)CC5)CSc5ccccc5)c(S(=O)(=O)C(F)(F)F)c4)cc3)CC2C1. The molecular weight excluding hydrogens is 830 g/mol. The Morgan fingerprint density at radius 2 is 1.49 bits per heavy atom. The molecule has 3 aromatic rings. The molecule has 6 rings (SSSR count). The van der Waals surface area contributed by atoms with Crippen molar-refractivity contribution in [2.24, 2.45) is 11.8 Å². The van der Waals surface area contributed by atoms with Crippen molar-refractivity contribution in [3.05, 3.63) is 78.4 Å². The summed E-state index contributed by atoms with van der Waals surface area (Å²) in [6, 6.07) is 17.5. The third-order valence-corrected chi connectivity index (χ3v) is 14.6. The van der Waals surface area contributed by atoms with Crippen LogP contribution in [0.25, 0.3) is 0 Å². The first-order valence-electron chi connectivity index (χ1n) is 19.4. The highest BCUT2D eigenvalue weighted by Crippen LogP contribution is 2.37. The fourth-order valence-electron chi connectivity index (χ4n) is 7.59. The predicted molar refractivity (Wildman–Crippen MR) is 221 cm³/mol. The Morgan fingerprint density at radius 1 is 0.864 bits per heavy atom. The average molecular weight is 881 g/mol. The maximum absolute atomic E-state index is 14.2. The lowest BCUT2D eigenvalue weighted by Gasteiger charge is -2.36. The predicted octanol–water partition coefficient (Wildman–Crippen LogP) is 5.61. The number of sulfone groups is 1. The molecular formula is C40H51F3N6O7S3. The van der Waals surface area contributed by atoms with Crippen LogP contribution >= 0.6 is 11.8 Å². The van der Waals surface area contributed by atoms with Crippen LogP contribution < -0.4 is 14.9 Å². The van der Waals surface area contributed by atoms with E-state index in [1.165, 1.54) is 23.9 Å². The van der Waals surface area contributed by atoms with Crippen molar-refractivity contribution in [3.8, 4) is 0 Å². The Hall–Kier alpha value is -4.04. The molecule has 2 N–H and O–H groups in total. The summed E-state index contributed by atoms with van der Waals surface area (Å²) in [6.07, 6.45) is -0.0516. The summed E-state index contributed by atoms with van der Waals surface area (Å²) in [7, 11) is -8.82. The number of fused-ring (bicyclic) bond motifs is 1. The molecule has 0 saturated carbocycles. The number of ether oxygens (including phenoxy) is 1. The Kier molecular flexibility index (Phi) is 13.5. The number of carbonyl (C=O) groups excluding carboxylic acids is 2. The van der Waals surface area contributed by atoms with E-state index in [-0.39, 0.29) is 5.56 Å². The first-order valence-corrected chi connectivity index (χ1v) is 23.3. The van der Waals surface area contributed by atoms with Crippen LogP contribution in [-0.2, 0) is 24.6 Å². The lowest BCUT2D eigenvalue weighted by atomic mass is 10.0. The Morgan fingerprint density at radius 3 is 2.08 bits per heavy atom. The summed E-state index contributed by atoms with van der Waals surface area (Å²) in [4.78, 5) is 32.7. The van der Waals surface area contributed by atoms with E-state index in [0.29, 0.717) is 62.8 Å². The number of alkyl halides is 3. The molecule has 59 heavy (non-hydrogen) atoms. The molecule has 0 spiro atoms. The highest BCUT2D eigenvalue weighted by molar-refractivity contribution is 7.99. The molecule has 0 aliphatic carbocycles. The zero-order chi connectivity index (χ0) is 42.8. The molecule has 2 unspecified atom stereocenters. The minimum absolute atomic E-state index is 0.00267.